The number of alkyl halides is 1. The van der Waals surface area contributed by atoms with Crippen molar-refractivity contribution in [1.82, 2.24) is 0 Å². The number of aryl methyl sites for hydroxylation is 1. The molecule has 0 amide bonds. The molecule has 0 saturated carbocycles. The molecule has 0 radical (unpaired) electrons. The second-order valence-electron chi connectivity index (χ2n) is 4.83. The van der Waals surface area contributed by atoms with E-state index in [1.165, 1.54) is 36.0 Å². The summed E-state index contributed by atoms with van der Waals surface area (Å²) in [6.45, 7) is 4.48. The molecule has 1 atom stereocenters. The number of hydrogen-bond acceptors (Lipinski definition) is 0. The smallest absolute Gasteiger partial charge is 0.0588 e. The van der Waals surface area contributed by atoms with Gasteiger partial charge in [-0.15, -0.1) is 11.6 Å². The van der Waals surface area contributed by atoms with Gasteiger partial charge in [0.05, 0.1) is 5.38 Å². The van der Waals surface area contributed by atoms with Crippen molar-refractivity contribution >= 4 is 11.6 Å². The second-order valence-corrected chi connectivity index (χ2v) is 5.35. The van der Waals surface area contributed by atoms with Crippen LogP contribution in [0.2, 0.25) is 0 Å². The molecule has 1 unspecified atom stereocenters. The minimum atomic E-state index is 0.237. The first-order valence-electron chi connectivity index (χ1n) is 5.95. The summed E-state index contributed by atoms with van der Waals surface area (Å²) in [7, 11) is 0. The Morgan fingerprint density at radius 3 is 2.80 bits per heavy atom. The first-order chi connectivity index (χ1) is 7.18. The summed E-state index contributed by atoms with van der Waals surface area (Å²) in [5.74, 6) is 0.599. The zero-order valence-electron chi connectivity index (χ0n) is 9.59. The van der Waals surface area contributed by atoms with Crippen LogP contribution in [0.15, 0.2) is 18.2 Å². The zero-order chi connectivity index (χ0) is 10.8. The fourth-order valence-electron chi connectivity index (χ4n) is 2.29. The van der Waals surface area contributed by atoms with Gasteiger partial charge in [0.25, 0.3) is 0 Å². The summed E-state index contributed by atoms with van der Waals surface area (Å²) < 4.78 is 0. The van der Waals surface area contributed by atoms with Crippen LogP contribution in [0.25, 0.3) is 0 Å². The average Bonchev–Trinajstić information content (AvgIpc) is 2.40. The SMILES string of the molecule is CC(C)c1ccc2c(c1)C(Cl)CCCC2. The highest BCUT2D eigenvalue weighted by atomic mass is 35.5. The van der Waals surface area contributed by atoms with E-state index in [1.807, 2.05) is 0 Å². The van der Waals surface area contributed by atoms with Gasteiger partial charge in [-0.2, -0.15) is 0 Å². The van der Waals surface area contributed by atoms with Gasteiger partial charge in [-0.25, -0.2) is 0 Å². The lowest BCUT2D eigenvalue weighted by molar-refractivity contribution is 0.699. The van der Waals surface area contributed by atoms with Gasteiger partial charge in [-0.3, -0.25) is 0 Å². The molecule has 1 aliphatic carbocycles. The molecule has 1 aliphatic rings. The van der Waals surface area contributed by atoms with Crippen molar-refractivity contribution in [2.75, 3.05) is 0 Å². The van der Waals surface area contributed by atoms with Crippen LogP contribution in [0.1, 0.15) is 61.1 Å². The lowest BCUT2D eigenvalue weighted by atomic mass is 9.95. The first-order valence-corrected chi connectivity index (χ1v) is 6.39. The van der Waals surface area contributed by atoms with E-state index in [-0.39, 0.29) is 5.38 Å². The van der Waals surface area contributed by atoms with E-state index in [2.05, 4.69) is 32.0 Å². The fourth-order valence-corrected chi connectivity index (χ4v) is 2.64. The molecule has 82 valence electrons. The highest BCUT2D eigenvalue weighted by Gasteiger charge is 2.17. The van der Waals surface area contributed by atoms with Gasteiger partial charge in [0, 0.05) is 0 Å². The van der Waals surface area contributed by atoms with Crippen molar-refractivity contribution in [2.45, 2.75) is 50.8 Å². The molecule has 0 nitrogen and oxygen atoms in total. The topological polar surface area (TPSA) is 0 Å². The third-order valence-corrected chi connectivity index (χ3v) is 3.78. The van der Waals surface area contributed by atoms with Crippen LogP contribution >= 0.6 is 11.6 Å². The Hall–Kier alpha value is -0.490. The van der Waals surface area contributed by atoms with Crippen LogP contribution < -0.4 is 0 Å². The van der Waals surface area contributed by atoms with Crippen LogP contribution in [0.3, 0.4) is 0 Å². The van der Waals surface area contributed by atoms with Gasteiger partial charge >= 0.3 is 0 Å². The molecule has 2 rings (SSSR count). The van der Waals surface area contributed by atoms with E-state index < -0.39 is 0 Å². The Bertz CT molecular complexity index is 341. The van der Waals surface area contributed by atoms with Crippen molar-refractivity contribution in [2.24, 2.45) is 0 Å². The minimum Gasteiger partial charge on any atom is -0.118 e. The Morgan fingerprint density at radius 1 is 1.27 bits per heavy atom. The van der Waals surface area contributed by atoms with Crippen molar-refractivity contribution < 1.29 is 0 Å². The molecule has 0 spiro atoms. The first kappa shape index (κ1) is 11.0. The van der Waals surface area contributed by atoms with E-state index in [9.17, 15) is 0 Å². The molecule has 0 aliphatic heterocycles. The molecule has 0 fully saturated rings. The highest BCUT2D eigenvalue weighted by Crippen LogP contribution is 2.34. The van der Waals surface area contributed by atoms with Crippen molar-refractivity contribution in [3.05, 3.63) is 34.9 Å². The summed E-state index contributed by atoms with van der Waals surface area (Å²) in [4.78, 5) is 0. The van der Waals surface area contributed by atoms with E-state index in [0.717, 1.165) is 6.42 Å². The third-order valence-electron chi connectivity index (χ3n) is 3.33. The number of benzene rings is 1. The zero-order valence-corrected chi connectivity index (χ0v) is 10.3. The van der Waals surface area contributed by atoms with Gasteiger partial charge in [0.15, 0.2) is 0 Å². The number of fused-ring (bicyclic) bond motifs is 1. The Labute approximate surface area is 97.6 Å². The number of halogens is 1. The summed E-state index contributed by atoms with van der Waals surface area (Å²) in [5, 5.41) is 0.237. The lowest BCUT2D eigenvalue weighted by Gasteiger charge is -2.14. The van der Waals surface area contributed by atoms with Crippen LogP contribution in [-0.2, 0) is 6.42 Å². The maximum Gasteiger partial charge on any atom is 0.0588 e. The summed E-state index contributed by atoms with van der Waals surface area (Å²) in [5.41, 5.74) is 4.28. The molecular formula is C14H19Cl. The van der Waals surface area contributed by atoms with Crippen molar-refractivity contribution in [3.8, 4) is 0 Å². The van der Waals surface area contributed by atoms with E-state index in [1.54, 1.807) is 0 Å². The Morgan fingerprint density at radius 2 is 2.07 bits per heavy atom. The quantitative estimate of drug-likeness (QED) is 0.472. The predicted octanol–water partition coefficient (Wildman–Crippen LogP) is 4.82. The molecule has 1 aromatic rings. The number of hydrogen-bond donors (Lipinski definition) is 0. The minimum absolute atomic E-state index is 0.237. The van der Waals surface area contributed by atoms with Gasteiger partial charge in [0.2, 0.25) is 0 Å². The van der Waals surface area contributed by atoms with Crippen molar-refractivity contribution in [1.29, 1.82) is 0 Å². The third kappa shape index (κ3) is 2.36. The molecule has 0 heterocycles. The van der Waals surface area contributed by atoms with E-state index in [0.29, 0.717) is 5.92 Å². The Kier molecular flexibility index (Phi) is 3.35. The fraction of sp³-hybridized carbons (Fsp3) is 0.571. The standard InChI is InChI=1S/C14H19Cl/c1-10(2)12-8-7-11-5-3-4-6-14(15)13(11)9-12/h7-10,14H,3-6H2,1-2H3. The van der Waals surface area contributed by atoms with Crippen LogP contribution in [0, 0.1) is 0 Å². The maximum atomic E-state index is 6.43. The van der Waals surface area contributed by atoms with Crippen molar-refractivity contribution in [3.63, 3.8) is 0 Å². The second kappa shape index (κ2) is 4.57. The maximum absolute atomic E-state index is 6.43. The van der Waals surface area contributed by atoms with Crippen LogP contribution in [0.5, 0.6) is 0 Å². The molecular weight excluding hydrogens is 204 g/mol. The monoisotopic (exact) mass is 222 g/mol. The van der Waals surface area contributed by atoms with Crippen LogP contribution in [0.4, 0.5) is 0 Å². The van der Waals surface area contributed by atoms with Crippen LogP contribution in [-0.4, -0.2) is 0 Å². The molecule has 0 saturated heterocycles. The van der Waals surface area contributed by atoms with Gasteiger partial charge in [-0.05, 0) is 41.9 Å². The molecule has 0 aromatic heterocycles. The summed E-state index contributed by atoms with van der Waals surface area (Å²) >= 11 is 6.43. The van der Waals surface area contributed by atoms with E-state index in [4.69, 9.17) is 11.6 Å². The lowest BCUT2D eigenvalue weighted by Crippen LogP contribution is -1.97. The predicted molar refractivity (Wildman–Crippen MR) is 66.7 cm³/mol. The normalized spacial score (nSPS) is 21.2. The molecule has 0 bridgehead atoms. The molecule has 0 N–H and O–H groups in total. The molecule has 1 aromatic carbocycles. The highest BCUT2D eigenvalue weighted by molar-refractivity contribution is 6.20. The molecule has 15 heavy (non-hydrogen) atoms. The van der Waals surface area contributed by atoms with E-state index >= 15 is 0 Å². The average molecular weight is 223 g/mol. The van der Waals surface area contributed by atoms with Gasteiger partial charge < -0.3 is 0 Å². The Balaban J connectivity index is 2.39. The number of rotatable bonds is 1. The molecule has 1 heteroatoms. The van der Waals surface area contributed by atoms with Gasteiger partial charge in [0.1, 0.15) is 0 Å². The largest absolute Gasteiger partial charge is 0.118 e. The summed E-state index contributed by atoms with van der Waals surface area (Å²) in [6, 6.07) is 6.87. The van der Waals surface area contributed by atoms with Gasteiger partial charge in [-0.1, -0.05) is 38.5 Å². The summed E-state index contributed by atoms with van der Waals surface area (Å²) in [6.07, 6.45) is 4.89.